The molecule has 20 heavy (non-hydrogen) atoms. The fraction of sp³-hybridized carbons (Fsp3) is 0.0714. The molecule has 0 fully saturated rings. The number of benzene rings is 2. The highest BCUT2D eigenvalue weighted by atomic mass is 35.5. The summed E-state index contributed by atoms with van der Waals surface area (Å²) in [7, 11) is -3.62. The molecule has 0 bridgehead atoms. The topological polar surface area (TPSA) is 74.3 Å². The van der Waals surface area contributed by atoms with Gasteiger partial charge in [0.1, 0.15) is 0 Å². The molecule has 0 unspecified atom stereocenters. The van der Waals surface area contributed by atoms with Crippen molar-refractivity contribution in [2.75, 3.05) is 0 Å². The molecule has 104 valence electrons. The van der Waals surface area contributed by atoms with Crippen LogP contribution in [0.1, 0.15) is 5.56 Å². The van der Waals surface area contributed by atoms with Crippen molar-refractivity contribution in [1.29, 1.82) is 0 Å². The van der Waals surface area contributed by atoms with E-state index >= 15 is 0 Å². The summed E-state index contributed by atoms with van der Waals surface area (Å²) in [6.07, 6.45) is -0.249. The van der Waals surface area contributed by atoms with E-state index in [9.17, 15) is 18.3 Å². The summed E-state index contributed by atoms with van der Waals surface area (Å²) >= 11 is 5.72. The Morgan fingerprint density at radius 3 is 1.85 bits per heavy atom. The predicted octanol–water partition coefficient (Wildman–Crippen LogP) is 1.47. The Labute approximate surface area is 121 Å². The largest absolute Gasteiger partial charge is 0.550 e. The van der Waals surface area contributed by atoms with Gasteiger partial charge in [-0.2, -0.15) is 0 Å². The molecule has 4 nitrogen and oxygen atoms in total. The summed E-state index contributed by atoms with van der Waals surface area (Å²) in [6.45, 7) is 0. The average molecular weight is 310 g/mol. The molecule has 2 aromatic rings. The van der Waals surface area contributed by atoms with Gasteiger partial charge in [0.05, 0.1) is 9.79 Å². The first-order valence-electron chi connectivity index (χ1n) is 5.69. The van der Waals surface area contributed by atoms with Gasteiger partial charge in [0, 0.05) is 17.4 Å². The van der Waals surface area contributed by atoms with Crippen molar-refractivity contribution in [3.63, 3.8) is 0 Å². The molecule has 0 saturated carbocycles. The third-order valence-corrected chi connectivity index (χ3v) is 4.74. The second-order valence-electron chi connectivity index (χ2n) is 4.15. The van der Waals surface area contributed by atoms with Crippen molar-refractivity contribution in [3.8, 4) is 0 Å². The van der Waals surface area contributed by atoms with Crippen molar-refractivity contribution in [2.45, 2.75) is 16.2 Å². The standard InChI is InChI=1S/C14H11ClO4S/c15-11-3-7-13(8-4-11)20(18,19)12-5-1-10(2-6-12)9-14(16)17/h1-8H,9H2,(H,16,17)/p-1. The minimum Gasteiger partial charge on any atom is -0.550 e. The molecule has 0 radical (unpaired) electrons. The lowest BCUT2D eigenvalue weighted by molar-refractivity contribution is -0.304. The van der Waals surface area contributed by atoms with Gasteiger partial charge in [-0.05, 0) is 42.0 Å². The van der Waals surface area contributed by atoms with Crippen LogP contribution in [-0.2, 0) is 21.1 Å². The van der Waals surface area contributed by atoms with Crippen LogP contribution in [0.5, 0.6) is 0 Å². The van der Waals surface area contributed by atoms with Crippen LogP contribution in [0.4, 0.5) is 0 Å². The number of aliphatic carboxylic acids is 1. The van der Waals surface area contributed by atoms with Gasteiger partial charge in [-0.25, -0.2) is 8.42 Å². The van der Waals surface area contributed by atoms with Crippen molar-refractivity contribution in [3.05, 3.63) is 59.1 Å². The van der Waals surface area contributed by atoms with Gasteiger partial charge in [-0.3, -0.25) is 0 Å². The number of carbonyl (C=O) groups excluding carboxylic acids is 1. The maximum Gasteiger partial charge on any atom is 0.206 e. The van der Waals surface area contributed by atoms with E-state index in [0.29, 0.717) is 10.6 Å². The van der Waals surface area contributed by atoms with Crippen LogP contribution in [0.15, 0.2) is 58.3 Å². The third-order valence-electron chi connectivity index (χ3n) is 2.71. The van der Waals surface area contributed by atoms with E-state index in [1.165, 1.54) is 48.5 Å². The molecule has 6 heteroatoms. The summed E-state index contributed by atoms with van der Waals surface area (Å²) in [5.74, 6) is -1.21. The Balaban J connectivity index is 2.34. The highest BCUT2D eigenvalue weighted by Crippen LogP contribution is 2.22. The second-order valence-corrected chi connectivity index (χ2v) is 6.54. The van der Waals surface area contributed by atoms with Crippen molar-refractivity contribution < 1.29 is 18.3 Å². The first-order chi connectivity index (χ1) is 9.39. The van der Waals surface area contributed by atoms with E-state index in [1.807, 2.05) is 0 Å². The molecule has 0 amide bonds. The number of carbonyl (C=O) groups is 1. The summed E-state index contributed by atoms with van der Waals surface area (Å²) in [5.41, 5.74) is 0.486. The SMILES string of the molecule is O=C([O-])Cc1ccc(S(=O)(=O)c2ccc(Cl)cc2)cc1. The highest BCUT2D eigenvalue weighted by molar-refractivity contribution is 7.91. The smallest absolute Gasteiger partial charge is 0.206 e. The second kappa shape index (κ2) is 5.64. The maximum absolute atomic E-state index is 12.3. The monoisotopic (exact) mass is 309 g/mol. The molecule has 0 aliphatic carbocycles. The van der Waals surface area contributed by atoms with Gasteiger partial charge in [0.25, 0.3) is 0 Å². The lowest BCUT2D eigenvalue weighted by Crippen LogP contribution is -2.24. The van der Waals surface area contributed by atoms with Crippen LogP contribution in [0.3, 0.4) is 0 Å². The number of carboxylic acid groups (broad SMARTS) is 1. The van der Waals surface area contributed by atoms with Crippen molar-refractivity contribution >= 4 is 27.4 Å². The van der Waals surface area contributed by atoms with Gasteiger partial charge in [0.15, 0.2) is 0 Å². The summed E-state index contributed by atoms with van der Waals surface area (Å²) in [6, 6.07) is 11.5. The molecule has 0 aliphatic rings. The molecule has 2 aromatic carbocycles. The third kappa shape index (κ3) is 3.18. The first-order valence-corrected chi connectivity index (χ1v) is 7.55. The molecule has 0 aliphatic heterocycles. The van der Waals surface area contributed by atoms with E-state index in [4.69, 9.17) is 11.6 Å². The van der Waals surface area contributed by atoms with E-state index < -0.39 is 15.8 Å². The molecule has 0 heterocycles. The zero-order valence-corrected chi connectivity index (χ0v) is 11.8. The number of halogens is 1. The number of rotatable bonds is 4. The van der Waals surface area contributed by atoms with Crippen molar-refractivity contribution in [2.24, 2.45) is 0 Å². The number of carboxylic acids is 1. The Morgan fingerprint density at radius 2 is 1.40 bits per heavy atom. The Hall–Kier alpha value is -1.85. The fourth-order valence-corrected chi connectivity index (χ4v) is 3.09. The van der Waals surface area contributed by atoms with Gasteiger partial charge >= 0.3 is 0 Å². The molecule has 0 aromatic heterocycles. The lowest BCUT2D eigenvalue weighted by Gasteiger charge is -2.07. The predicted molar refractivity (Wildman–Crippen MR) is 72.1 cm³/mol. The average Bonchev–Trinajstić information content (AvgIpc) is 2.39. The van der Waals surface area contributed by atoms with Crippen molar-refractivity contribution in [1.82, 2.24) is 0 Å². The summed E-state index contributed by atoms with van der Waals surface area (Å²) in [4.78, 5) is 10.7. The fourth-order valence-electron chi connectivity index (χ4n) is 1.70. The van der Waals surface area contributed by atoms with E-state index in [0.717, 1.165) is 0 Å². The van der Waals surface area contributed by atoms with Gasteiger partial charge in [-0.15, -0.1) is 0 Å². The summed E-state index contributed by atoms with van der Waals surface area (Å²) in [5, 5.41) is 10.9. The first kappa shape index (κ1) is 14.6. The van der Waals surface area contributed by atoms with E-state index in [2.05, 4.69) is 0 Å². The normalized spacial score (nSPS) is 11.2. The van der Waals surface area contributed by atoms with Gasteiger partial charge in [-0.1, -0.05) is 23.7 Å². The van der Waals surface area contributed by atoms with Gasteiger partial charge in [0.2, 0.25) is 9.84 Å². The number of sulfone groups is 1. The van der Waals surface area contributed by atoms with E-state index in [-0.39, 0.29) is 16.2 Å². The molecule has 0 spiro atoms. The Bertz CT molecular complexity index is 719. The molecule has 0 N–H and O–H groups in total. The van der Waals surface area contributed by atoms with Crippen LogP contribution >= 0.6 is 11.6 Å². The van der Waals surface area contributed by atoms with Gasteiger partial charge < -0.3 is 9.90 Å². The van der Waals surface area contributed by atoms with Crippen LogP contribution < -0.4 is 5.11 Å². The maximum atomic E-state index is 12.3. The van der Waals surface area contributed by atoms with Crippen LogP contribution in [0.25, 0.3) is 0 Å². The Morgan fingerprint density at radius 1 is 0.950 bits per heavy atom. The molecule has 0 saturated heterocycles. The molecule has 2 rings (SSSR count). The van der Waals surface area contributed by atoms with Crippen LogP contribution in [0.2, 0.25) is 5.02 Å². The zero-order chi connectivity index (χ0) is 14.8. The highest BCUT2D eigenvalue weighted by Gasteiger charge is 2.17. The molecular formula is C14H10ClO4S-. The molecular weight excluding hydrogens is 300 g/mol. The minimum absolute atomic E-state index is 0.0990. The minimum atomic E-state index is -3.62. The number of hydrogen-bond acceptors (Lipinski definition) is 4. The van der Waals surface area contributed by atoms with E-state index in [1.54, 1.807) is 0 Å². The Kier molecular flexibility index (Phi) is 4.11. The van der Waals surface area contributed by atoms with Crippen LogP contribution in [-0.4, -0.2) is 14.4 Å². The summed E-state index contributed by atoms with van der Waals surface area (Å²) < 4.78 is 24.6. The quantitative estimate of drug-likeness (QED) is 0.857. The zero-order valence-electron chi connectivity index (χ0n) is 10.2. The number of hydrogen-bond donors (Lipinski definition) is 0. The lowest BCUT2D eigenvalue weighted by atomic mass is 10.2. The molecule has 0 atom stereocenters. The van der Waals surface area contributed by atoms with Crippen LogP contribution in [0, 0.1) is 0 Å².